The number of hydrogen-bond donors (Lipinski definition) is 3. The molecule has 0 aromatic heterocycles. The molecule has 0 saturated carbocycles. The Labute approximate surface area is 154 Å². The zero-order valence-corrected chi connectivity index (χ0v) is 15.6. The Kier molecular flexibility index (Phi) is 9.36. The molecule has 7 heteroatoms. The molecule has 0 spiro atoms. The van der Waals surface area contributed by atoms with Gasteiger partial charge in [-0.1, -0.05) is 51.8 Å². The Morgan fingerprint density at radius 3 is 2.42 bits per heavy atom. The number of para-hydroxylation sites is 1. The third kappa shape index (κ3) is 7.23. The first-order chi connectivity index (χ1) is 12.4. The molecule has 1 aromatic rings. The molecule has 26 heavy (non-hydrogen) atoms. The monoisotopic (exact) mass is 363 g/mol. The highest BCUT2D eigenvalue weighted by Gasteiger charge is 2.31. The molecule has 144 valence electrons. The van der Waals surface area contributed by atoms with Crippen molar-refractivity contribution in [3.05, 3.63) is 30.3 Å². The molecule has 3 N–H and O–H groups in total. The summed E-state index contributed by atoms with van der Waals surface area (Å²) >= 11 is 0. The average molecular weight is 363 g/mol. The standard InChI is InChI=1S/C19H29N3O4/c1-4-5-9-15(12-22(26)13-23)18(24)17(14(2)3)21-19(25)20-16-10-7-6-8-11-16/h6-8,10-11,13-15,17,26H,4-5,9,12H2,1-3H3,(H2,20,21,25)/t15-,17+/m1/s1. The summed E-state index contributed by atoms with van der Waals surface area (Å²) in [4.78, 5) is 35.9. The first-order valence-corrected chi connectivity index (χ1v) is 8.96. The average Bonchev–Trinajstić information content (AvgIpc) is 2.62. The number of rotatable bonds is 11. The minimum atomic E-state index is -0.708. The van der Waals surface area contributed by atoms with Crippen molar-refractivity contribution in [3.8, 4) is 0 Å². The second-order valence-corrected chi connectivity index (χ2v) is 6.66. The molecule has 0 aliphatic carbocycles. The lowest BCUT2D eigenvalue weighted by atomic mass is 9.87. The third-order valence-corrected chi connectivity index (χ3v) is 4.13. The lowest BCUT2D eigenvalue weighted by Gasteiger charge is -2.27. The van der Waals surface area contributed by atoms with Gasteiger partial charge in [-0.05, 0) is 24.5 Å². The maximum atomic E-state index is 12.9. The smallest absolute Gasteiger partial charge is 0.319 e. The maximum absolute atomic E-state index is 12.9. The Morgan fingerprint density at radius 2 is 1.88 bits per heavy atom. The van der Waals surface area contributed by atoms with Gasteiger partial charge in [0, 0.05) is 11.6 Å². The van der Waals surface area contributed by atoms with E-state index >= 15 is 0 Å². The topological polar surface area (TPSA) is 98.7 Å². The highest BCUT2D eigenvalue weighted by atomic mass is 16.5. The van der Waals surface area contributed by atoms with E-state index < -0.39 is 18.0 Å². The fraction of sp³-hybridized carbons (Fsp3) is 0.526. The Hall–Kier alpha value is -2.41. The molecule has 0 radical (unpaired) electrons. The van der Waals surface area contributed by atoms with Gasteiger partial charge >= 0.3 is 6.03 Å². The van der Waals surface area contributed by atoms with Crippen LogP contribution in [0, 0.1) is 11.8 Å². The minimum absolute atomic E-state index is 0.0759. The van der Waals surface area contributed by atoms with E-state index in [1.807, 2.05) is 26.8 Å². The van der Waals surface area contributed by atoms with Crippen molar-refractivity contribution in [3.63, 3.8) is 0 Å². The highest BCUT2D eigenvalue weighted by molar-refractivity contribution is 5.95. The molecule has 1 aromatic carbocycles. The van der Waals surface area contributed by atoms with Gasteiger partial charge in [-0.2, -0.15) is 0 Å². The summed E-state index contributed by atoms with van der Waals surface area (Å²) in [5.74, 6) is -0.844. The number of unbranched alkanes of at least 4 members (excludes halogenated alkanes) is 1. The Bertz CT molecular complexity index is 577. The quantitative estimate of drug-likeness (QED) is 0.320. The first kappa shape index (κ1) is 21.6. The number of anilines is 1. The fourth-order valence-corrected chi connectivity index (χ4v) is 2.69. The number of hydrogen-bond acceptors (Lipinski definition) is 4. The van der Waals surface area contributed by atoms with Crippen molar-refractivity contribution in [1.82, 2.24) is 10.4 Å². The van der Waals surface area contributed by atoms with Crippen LogP contribution in [0.1, 0.15) is 40.0 Å². The van der Waals surface area contributed by atoms with Gasteiger partial charge in [-0.15, -0.1) is 0 Å². The van der Waals surface area contributed by atoms with E-state index in [1.54, 1.807) is 24.3 Å². The van der Waals surface area contributed by atoms with Crippen molar-refractivity contribution >= 4 is 23.9 Å². The van der Waals surface area contributed by atoms with Crippen molar-refractivity contribution in [2.75, 3.05) is 11.9 Å². The van der Waals surface area contributed by atoms with Crippen LogP contribution in [0.15, 0.2) is 30.3 Å². The van der Waals surface area contributed by atoms with Crippen molar-refractivity contribution in [1.29, 1.82) is 0 Å². The molecule has 7 nitrogen and oxygen atoms in total. The number of nitrogens with one attached hydrogen (secondary N) is 2. The number of carbonyl (C=O) groups is 3. The summed E-state index contributed by atoms with van der Waals surface area (Å²) in [5, 5.41) is 15.4. The van der Waals surface area contributed by atoms with E-state index in [4.69, 9.17) is 0 Å². The number of amides is 3. The Morgan fingerprint density at radius 1 is 1.23 bits per heavy atom. The molecule has 2 atom stereocenters. The molecule has 0 unspecified atom stereocenters. The van der Waals surface area contributed by atoms with Crippen LogP contribution in [0.2, 0.25) is 0 Å². The predicted molar refractivity (Wildman–Crippen MR) is 99.8 cm³/mol. The molecule has 1 rings (SSSR count). The third-order valence-electron chi connectivity index (χ3n) is 4.13. The molecule has 0 aliphatic rings. The van der Waals surface area contributed by atoms with Crippen molar-refractivity contribution < 1.29 is 19.6 Å². The van der Waals surface area contributed by atoms with Crippen LogP contribution in [-0.4, -0.2) is 41.1 Å². The van der Waals surface area contributed by atoms with Crippen molar-refractivity contribution in [2.24, 2.45) is 11.8 Å². The lowest BCUT2D eigenvalue weighted by molar-refractivity contribution is -0.154. The number of Topliss-reactive ketones (excluding diaryl/α,β-unsaturated/α-hetero) is 1. The number of benzene rings is 1. The van der Waals surface area contributed by atoms with Crippen LogP contribution in [0.5, 0.6) is 0 Å². The first-order valence-electron chi connectivity index (χ1n) is 8.96. The van der Waals surface area contributed by atoms with Gasteiger partial charge in [0.15, 0.2) is 5.78 Å². The molecular formula is C19H29N3O4. The number of urea groups is 1. The van der Waals surface area contributed by atoms with E-state index in [-0.39, 0.29) is 24.7 Å². The minimum Gasteiger partial charge on any atom is -0.328 e. The van der Waals surface area contributed by atoms with E-state index in [2.05, 4.69) is 10.6 Å². The maximum Gasteiger partial charge on any atom is 0.319 e. The summed E-state index contributed by atoms with van der Waals surface area (Å²) in [6, 6.07) is 7.78. The highest BCUT2D eigenvalue weighted by Crippen LogP contribution is 2.17. The summed E-state index contributed by atoms with van der Waals surface area (Å²) in [5.41, 5.74) is 0.630. The molecule has 3 amide bonds. The largest absolute Gasteiger partial charge is 0.328 e. The predicted octanol–water partition coefficient (Wildman–Crippen LogP) is 3.06. The molecule has 0 aliphatic heterocycles. The van der Waals surface area contributed by atoms with Crippen LogP contribution < -0.4 is 10.6 Å². The van der Waals surface area contributed by atoms with Crippen LogP contribution in [-0.2, 0) is 9.59 Å². The van der Waals surface area contributed by atoms with E-state index in [0.717, 1.165) is 12.8 Å². The summed E-state index contributed by atoms with van der Waals surface area (Å²) in [6.45, 7) is 5.62. The summed E-state index contributed by atoms with van der Waals surface area (Å²) in [6.07, 6.45) is 2.52. The molecule has 0 fully saturated rings. The number of hydroxylamine groups is 2. The van der Waals surface area contributed by atoms with E-state index in [9.17, 15) is 19.6 Å². The molecular weight excluding hydrogens is 334 g/mol. The van der Waals surface area contributed by atoms with Gasteiger partial charge in [-0.25, -0.2) is 9.86 Å². The van der Waals surface area contributed by atoms with Gasteiger partial charge in [0.2, 0.25) is 6.41 Å². The van der Waals surface area contributed by atoms with E-state index in [1.165, 1.54) is 0 Å². The van der Waals surface area contributed by atoms with Crippen LogP contribution in [0.3, 0.4) is 0 Å². The Balaban J connectivity index is 2.81. The SMILES string of the molecule is CCCC[C@H](CN(O)C=O)C(=O)[C@@H](NC(=O)Nc1ccccc1)C(C)C. The van der Waals surface area contributed by atoms with Gasteiger partial charge in [0.05, 0.1) is 12.6 Å². The molecule has 0 bridgehead atoms. The summed E-state index contributed by atoms with van der Waals surface area (Å²) in [7, 11) is 0. The second kappa shape index (κ2) is 11.3. The zero-order valence-electron chi connectivity index (χ0n) is 15.6. The van der Waals surface area contributed by atoms with Gasteiger partial charge in [0.1, 0.15) is 0 Å². The molecule has 0 heterocycles. The number of carbonyl (C=O) groups excluding carboxylic acids is 3. The normalized spacial score (nSPS) is 13.0. The fourth-order valence-electron chi connectivity index (χ4n) is 2.69. The van der Waals surface area contributed by atoms with Crippen LogP contribution in [0.25, 0.3) is 0 Å². The molecule has 0 saturated heterocycles. The summed E-state index contributed by atoms with van der Waals surface area (Å²) < 4.78 is 0. The zero-order chi connectivity index (χ0) is 19.5. The second-order valence-electron chi connectivity index (χ2n) is 6.66. The van der Waals surface area contributed by atoms with Crippen molar-refractivity contribution in [2.45, 2.75) is 46.1 Å². The van der Waals surface area contributed by atoms with E-state index in [0.29, 0.717) is 17.2 Å². The lowest BCUT2D eigenvalue weighted by Crippen LogP contribution is -2.49. The van der Waals surface area contributed by atoms with Gasteiger partial charge in [0.25, 0.3) is 0 Å². The number of ketones is 1. The van der Waals surface area contributed by atoms with Crippen LogP contribution in [0.4, 0.5) is 10.5 Å². The van der Waals surface area contributed by atoms with Gasteiger partial charge < -0.3 is 10.6 Å². The van der Waals surface area contributed by atoms with Crippen LogP contribution >= 0.6 is 0 Å². The van der Waals surface area contributed by atoms with Gasteiger partial charge in [-0.3, -0.25) is 14.8 Å². The number of nitrogens with zero attached hydrogens (tertiary/aromatic N) is 1.